The van der Waals surface area contributed by atoms with Crippen LogP contribution < -0.4 is 0 Å². The molecule has 14 heavy (non-hydrogen) atoms. The van der Waals surface area contributed by atoms with Crippen molar-refractivity contribution in [1.82, 2.24) is 4.98 Å². The molecule has 0 saturated carbocycles. The standard InChI is InChI=1S/C12H13NS/c14-9-3-5-10-4-1-7-12-11(10)6-2-8-13-12/h1-2,4,6-8,14H,3,5,9H2. The Labute approximate surface area is 89.6 Å². The molecule has 2 heteroatoms. The second-order valence-corrected chi connectivity index (χ2v) is 3.76. The molecule has 1 nitrogen and oxygen atoms in total. The molecule has 0 radical (unpaired) electrons. The van der Waals surface area contributed by atoms with Gasteiger partial charge in [0.05, 0.1) is 5.52 Å². The zero-order chi connectivity index (χ0) is 9.80. The number of fused-ring (bicyclic) bond motifs is 1. The van der Waals surface area contributed by atoms with Gasteiger partial charge in [-0.2, -0.15) is 12.6 Å². The van der Waals surface area contributed by atoms with Gasteiger partial charge >= 0.3 is 0 Å². The van der Waals surface area contributed by atoms with Crippen molar-refractivity contribution in [2.45, 2.75) is 12.8 Å². The second kappa shape index (κ2) is 4.47. The van der Waals surface area contributed by atoms with Crippen LogP contribution in [0.5, 0.6) is 0 Å². The van der Waals surface area contributed by atoms with Crippen molar-refractivity contribution in [2.75, 3.05) is 5.75 Å². The molecule has 0 amide bonds. The van der Waals surface area contributed by atoms with Crippen LogP contribution in [-0.2, 0) is 6.42 Å². The van der Waals surface area contributed by atoms with Gasteiger partial charge in [0.25, 0.3) is 0 Å². The van der Waals surface area contributed by atoms with Crippen molar-refractivity contribution < 1.29 is 0 Å². The van der Waals surface area contributed by atoms with Gasteiger partial charge in [-0.1, -0.05) is 18.2 Å². The summed E-state index contributed by atoms with van der Waals surface area (Å²) in [6.45, 7) is 0. The molecule has 2 aromatic rings. The molecule has 0 unspecified atom stereocenters. The SMILES string of the molecule is SCCCc1cccc2ncccc12. The van der Waals surface area contributed by atoms with Crippen LogP contribution in [0.2, 0.25) is 0 Å². The molecule has 0 fully saturated rings. The lowest BCUT2D eigenvalue weighted by molar-refractivity contribution is 0.944. The molecule has 0 atom stereocenters. The van der Waals surface area contributed by atoms with Crippen molar-refractivity contribution in [3.8, 4) is 0 Å². The highest BCUT2D eigenvalue weighted by Gasteiger charge is 1.99. The maximum atomic E-state index is 4.33. The number of thiol groups is 1. The summed E-state index contributed by atoms with van der Waals surface area (Å²) in [6.07, 6.45) is 4.05. The summed E-state index contributed by atoms with van der Waals surface area (Å²) in [5.41, 5.74) is 2.47. The molecule has 1 heterocycles. The highest BCUT2D eigenvalue weighted by molar-refractivity contribution is 7.80. The van der Waals surface area contributed by atoms with Gasteiger partial charge in [0, 0.05) is 11.6 Å². The molecule has 72 valence electrons. The summed E-state index contributed by atoms with van der Waals surface area (Å²) >= 11 is 4.23. The molecule has 0 aliphatic heterocycles. The Kier molecular flexibility index (Phi) is 3.04. The molecular weight excluding hydrogens is 190 g/mol. The first-order chi connectivity index (χ1) is 6.92. The Balaban J connectivity index is 2.43. The zero-order valence-corrected chi connectivity index (χ0v) is 8.87. The quantitative estimate of drug-likeness (QED) is 0.756. The van der Waals surface area contributed by atoms with E-state index >= 15 is 0 Å². The van der Waals surface area contributed by atoms with Gasteiger partial charge in [0.2, 0.25) is 0 Å². The fourth-order valence-corrected chi connectivity index (χ4v) is 1.81. The van der Waals surface area contributed by atoms with Crippen molar-refractivity contribution in [3.05, 3.63) is 42.1 Å². The Morgan fingerprint density at radius 2 is 2.07 bits per heavy atom. The van der Waals surface area contributed by atoms with Gasteiger partial charge in [0.15, 0.2) is 0 Å². The average Bonchev–Trinajstić information content (AvgIpc) is 2.26. The molecule has 0 N–H and O–H groups in total. The van der Waals surface area contributed by atoms with Crippen LogP contribution >= 0.6 is 12.6 Å². The molecule has 0 aliphatic rings. The van der Waals surface area contributed by atoms with Crippen molar-refractivity contribution in [2.24, 2.45) is 0 Å². The Morgan fingerprint density at radius 1 is 1.14 bits per heavy atom. The van der Waals surface area contributed by atoms with E-state index in [1.165, 1.54) is 10.9 Å². The zero-order valence-electron chi connectivity index (χ0n) is 7.98. The van der Waals surface area contributed by atoms with E-state index in [4.69, 9.17) is 0 Å². The van der Waals surface area contributed by atoms with E-state index in [9.17, 15) is 0 Å². The minimum atomic E-state index is 0.941. The highest BCUT2D eigenvalue weighted by atomic mass is 32.1. The molecule has 0 saturated heterocycles. The third-order valence-electron chi connectivity index (χ3n) is 2.34. The number of pyridine rings is 1. The van der Waals surface area contributed by atoms with E-state index in [2.05, 4.69) is 41.9 Å². The predicted molar refractivity (Wildman–Crippen MR) is 63.9 cm³/mol. The third-order valence-corrected chi connectivity index (χ3v) is 2.66. The molecule has 1 aromatic carbocycles. The Bertz CT molecular complexity index is 420. The van der Waals surface area contributed by atoms with E-state index in [1.54, 1.807) is 0 Å². The van der Waals surface area contributed by atoms with Gasteiger partial charge in [-0.25, -0.2) is 0 Å². The molecule has 0 aliphatic carbocycles. The van der Waals surface area contributed by atoms with Gasteiger partial charge in [-0.15, -0.1) is 0 Å². The van der Waals surface area contributed by atoms with E-state index in [0.717, 1.165) is 24.1 Å². The number of rotatable bonds is 3. The summed E-state index contributed by atoms with van der Waals surface area (Å²) in [6, 6.07) is 10.4. The average molecular weight is 203 g/mol. The number of aryl methyl sites for hydroxylation is 1. The minimum Gasteiger partial charge on any atom is -0.256 e. The van der Waals surface area contributed by atoms with Crippen LogP contribution in [0.1, 0.15) is 12.0 Å². The smallest absolute Gasteiger partial charge is 0.0704 e. The van der Waals surface area contributed by atoms with Gasteiger partial charge < -0.3 is 0 Å². The molecular formula is C12H13NS. The fraction of sp³-hybridized carbons (Fsp3) is 0.250. The highest BCUT2D eigenvalue weighted by Crippen LogP contribution is 2.17. The molecule has 0 spiro atoms. The molecule has 0 bridgehead atoms. The summed E-state index contributed by atoms with van der Waals surface area (Å²) in [5.74, 6) is 0.941. The first-order valence-corrected chi connectivity index (χ1v) is 5.48. The fourth-order valence-electron chi connectivity index (χ4n) is 1.65. The van der Waals surface area contributed by atoms with Crippen LogP contribution in [0.3, 0.4) is 0 Å². The second-order valence-electron chi connectivity index (χ2n) is 3.31. The first-order valence-electron chi connectivity index (χ1n) is 4.85. The van der Waals surface area contributed by atoms with E-state index in [0.29, 0.717) is 0 Å². The Morgan fingerprint density at radius 3 is 2.93 bits per heavy atom. The summed E-state index contributed by atoms with van der Waals surface area (Å²) in [5, 5.41) is 1.27. The van der Waals surface area contributed by atoms with Crippen molar-refractivity contribution in [1.29, 1.82) is 0 Å². The number of hydrogen-bond donors (Lipinski definition) is 1. The van der Waals surface area contributed by atoms with Crippen molar-refractivity contribution in [3.63, 3.8) is 0 Å². The van der Waals surface area contributed by atoms with Crippen LogP contribution in [0.15, 0.2) is 36.5 Å². The number of benzene rings is 1. The minimum absolute atomic E-state index is 0.941. The predicted octanol–water partition coefficient (Wildman–Crippen LogP) is 3.10. The lowest BCUT2D eigenvalue weighted by Gasteiger charge is -2.04. The van der Waals surface area contributed by atoms with Gasteiger partial charge in [-0.3, -0.25) is 4.98 Å². The summed E-state index contributed by atoms with van der Waals surface area (Å²) < 4.78 is 0. The maximum Gasteiger partial charge on any atom is 0.0704 e. The Hall–Kier alpha value is -1.02. The maximum absolute atomic E-state index is 4.33. The van der Waals surface area contributed by atoms with Crippen LogP contribution in [0.4, 0.5) is 0 Å². The van der Waals surface area contributed by atoms with E-state index in [1.807, 2.05) is 12.3 Å². The number of nitrogens with zero attached hydrogens (tertiary/aromatic N) is 1. The van der Waals surface area contributed by atoms with E-state index < -0.39 is 0 Å². The number of aromatic nitrogens is 1. The van der Waals surface area contributed by atoms with Crippen LogP contribution in [-0.4, -0.2) is 10.7 Å². The normalized spacial score (nSPS) is 10.6. The molecule has 2 rings (SSSR count). The lowest BCUT2D eigenvalue weighted by atomic mass is 10.0. The van der Waals surface area contributed by atoms with Crippen molar-refractivity contribution >= 4 is 23.5 Å². The van der Waals surface area contributed by atoms with Gasteiger partial charge in [-0.05, 0) is 36.3 Å². The topological polar surface area (TPSA) is 12.9 Å². The van der Waals surface area contributed by atoms with Crippen LogP contribution in [0.25, 0.3) is 10.9 Å². The lowest BCUT2D eigenvalue weighted by Crippen LogP contribution is -1.89. The largest absolute Gasteiger partial charge is 0.256 e. The first kappa shape index (κ1) is 9.53. The van der Waals surface area contributed by atoms with Gasteiger partial charge in [0.1, 0.15) is 0 Å². The third kappa shape index (κ3) is 1.90. The number of hydrogen-bond acceptors (Lipinski definition) is 2. The molecule has 1 aromatic heterocycles. The summed E-state index contributed by atoms with van der Waals surface area (Å²) in [7, 11) is 0. The van der Waals surface area contributed by atoms with Crippen LogP contribution in [0, 0.1) is 0 Å². The monoisotopic (exact) mass is 203 g/mol. The van der Waals surface area contributed by atoms with E-state index in [-0.39, 0.29) is 0 Å². The summed E-state index contributed by atoms with van der Waals surface area (Å²) in [4.78, 5) is 4.33.